The Hall–Kier alpha value is -16.8. The van der Waals surface area contributed by atoms with E-state index < -0.39 is 0 Å². The first-order chi connectivity index (χ1) is 65.5. The molecule has 3 aliphatic rings. The van der Waals surface area contributed by atoms with Gasteiger partial charge in [0, 0.05) is 110 Å². The zero-order valence-corrected chi connectivity index (χ0v) is 74.8. The smallest absolute Gasteiger partial charge is 0.0725 e. The fraction of sp³-hybridized carbons (Fsp3) is 0.0551. The third-order valence-corrected chi connectivity index (χ3v) is 28.5. The largest absolute Gasteiger partial charge is 0.345 e. The number of benzene rings is 20. The predicted octanol–water partition coefficient (Wildman–Crippen LogP) is 33.0. The van der Waals surface area contributed by atoms with E-state index in [2.05, 4.69) is 543 Å². The van der Waals surface area contributed by atoms with Crippen molar-refractivity contribution in [1.29, 1.82) is 0 Å². The van der Waals surface area contributed by atoms with Crippen molar-refractivity contribution in [2.75, 3.05) is 35.8 Å². The van der Waals surface area contributed by atoms with Gasteiger partial charge in [0.05, 0.1) is 38.5 Å². The van der Waals surface area contributed by atoms with E-state index in [-0.39, 0.29) is 10.8 Å². The molecule has 0 fully saturated rings. The monoisotopic (exact) mass is 1700 g/mol. The minimum Gasteiger partial charge on any atom is -0.345 e. The van der Waals surface area contributed by atoms with E-state index in [0.29, 0.717) is 0 Å². The lowest BCUT2D eigenvalue weighted by atomic mass is 9.70. The first kappa shape index (κ1) is 79.6. The molecule has 26 rings (SSSR count). The van der Waals surface area contributed by atoms with Gasteiger partial charge in [-0.1, -0.05) is 317 Å². The molecule has 6 nitrogen and oxygen atoms in total. The Morgan fingerprint density at radius 1 is 0.165 bits per heavy atom. The van der Waals surface area contributed by atoms with Crippen molar-refractivity contribution in [3.63, 3.8) is 0 Å². The average Bonchev–Trinajstić information content (AvgIpc) is 1.50. The molecule has 6 heteroatoms. The number of rotatable bonds is 13. The molecule has 3 aromatic heterocycles. The summed E-state index contributed by atoms with van der Waals surface area (Å²) in [6.07, 6.45) is 0. The van der Waals surface area contributed by atoms with Gasteiger partial charge in [-0.3, -0.25) is 0 Å². The predicted molar refractivity (Wildman–Crippen MR) is 561 cm³/mol. The zero-order valence-electron chi connectivity index (χ0n) is 74.8. The van der Waals surface area contributed by atoms with Gasteiger partial charge in [0.1, 0.15) is 0 Å². The molecule has 20 aromatic carbocycles. The molecule has 0 amide bonds. The van der Waals surface area contributed by atoms with Crippen LogP contribution in [0.1, 0.15) is 47.2 Å². The van der Waals surface area contributed by atoms with Gasteiger partial charge in [-0.2, -0.15) is 0 Å². The van der Waals surface area contributed by atoms with Crippen molar-refractivity contribution in [2.24, 2.45) is 0 Å². The lowest BCUT2D eigenvalue weighted by Crippen LogP contribution is -2.25. The van der Waals surface area contributed by atoms with Crippen molar-refractivity contribution in [3.8, 4) is 95.0 Å². The molecule has 0 unspecified atom stereocenters. The third kappa shape index (κ3) is 13.2. The van der Waals surface area contributed by atoms with Crippen LogP contribution in [0.25, 0.3) is 160 Å². The number of hydrogen-bond donors (Lipinski definition) is 0. The molecule has 0 atom stereocenters. The summed E-state index contributed by atoms with van der Waals surface area (Å²) >= 11 is 0. The van der Waals surface area contributed by atoms with Crippen LogP contribution < -0.4 is 14.7 Å². The summed E-state index contributed by atoms with van der Waals surface area (Å²) in [6.45, 7) is 4.70. The summed E-state index contributed by atoms with van der Waals surface area (Å²) in [6, 6.07) is 175. The third-order valence-electron chi connectivity index (χ3n) is 28.5. The molecular weight excluding hydrogens is 1610 g/mol. The summed E-state index contributed by atoms with van der Waals surface area (Å²) in [5.74, 6) is 0. The van der Waals surface area contributed by atoms with Crippen LogP contribution in [0.5, 0.6) is 0 Å². The van der Waals surface area contributed by atoms with E-state index in [0.717, 1.165) is 22.7 Å². The van der Waals surface area contributed by atoms with Gasteiger partial charge in [0.2, 0.25) is 0 Å². The molecule has 0 saturated heterocycles. The molecule has 0 N–H and O–H groups in total. The van der Waals surface area contributed by atoms with E-state index >= 15 is 0 Å². The van der Waals surface area contributed by atoms with Crippen LogP contribution in [0.2, 0.25) is 0 Å². The normalized spacial score (nSPS) is 12.7. The van der Waals surface area contributed by atoms with Gasteiger partial charge in [-0.15, -0.1) is 0 Å². The second kappa shape index (κ2) is 32.4. The standard InChI is InChI=1S/C50H34N2.C40H32N2.C37H28N2/c1-51(35-14-4-2-5-15-35)37-26-29-49-43(32-37)42-30-33(25-28-48(42)52(49)36-16-6-3-7-17-36)34-24-27-41-40-20-10-13-23-46(40)50(47(41)31-34)44-21-11-8-18-38(44)39-19-9-12-22-45(39)50;1-40(2)36-17-11-10-16-32(36)33-21-18-28(25-37(33)40)27-19-22-38-34(24-27)35-26-31(41(3)29-12-6-4-7-13-29)20-23-39(35)42(38)30-14-8-5-9-15-30;1-38(29-15-7-3-8-16-29)31-22-24-37-35(26-31)34-25-28(21-23-36(34)39(37)30-17-9-4-10-18-30)33-20-12-11-19-32(33)27-13-5-2-6-14-27/h2-32H,1H3;4-26H,1-3H3;2-26H,1H3. The quantitative estimate of drug-likeness (QED) is 0.115. The summed E-state index contributed by atoms with van der Waals surface area (Å²) in [5, 5.41) is 7.49. The Kier molecular flexibility index (Phi) is 19.4. The average molecular weight is 1700 g/mol. The molecule has 0 saturated carbocycles. The highest BCUT2D eigenvalue weighted by Gasteiger charge is 2.52. The summed E-state index contributed by atoms with van der Waals surface area (Å²) in [7, 11) is 6.42. The number of anilines is 6. The highest BCUT2D eigenvalue weighted by molar-refractivity contribution is 6.15. The topological polar surface area (TPSA) is 24.5 Å². The second-order valence-corrected chi connectivity index (χ2v) is 36.0. The van der Waals surface area contributed by atoms with Crippen LogP contribution in [0, 0.1) is 0 Å². The van der Waals surface area contributed by atoms with Crippen LogP contribution in [-0.2, 0) is 10.8 Å². The van der Waals surface area contributed by atoms with Crippen molar-refractivity contribution in [2.45, 2.75) is 24.7 Å². The van der Waals surface area contributed by atoms with E-state index in [4.69, 9.17) is 0 Å². The summed E-state index contributed by atoms with van der Waals surface area (Å²) in [4.78, 5) is 6.78. The van der Waals surface area contributed by atoms with Gasteiger partial charge in [-0.05, 0) is 287 Å². The van der Waals surface area contributed by atoms with E-state index in [1.165, 1.54) is 205 Å². The van der Waals surface area contributed by atoms with Crippen molar-refractivity contribution in [3.05, 3.63) is 513 Å². The van der Waals surface area contributed by atoms with Crippen LogP contribution in [0.4, 0.5) is 34.1 Å². The second-order valence-electron chi connectivity index (χ2n) is 36.0. The molecule has 23 aromatic rings. The van der Waals surface area contributed by atoms with E-state index in [1.807, 2.05) is 0 Å². The van der Waals surface area contributed by atoms with Gasteiger partial charge in [0.15, 0.2) is 0 Å². The Labute approximate surface area is 776 Å². The molecule has 3 heterocycles. The van der Waals surface area contributed by atoms with Crippen LogP contribution >= 0.6 is 0 Å². The van der Waals surface area contributed by atoms with Gasteiger partial charge in [-0.25, -0.2) is 0 Å². The zero-order chi connectivity index (χ0) is 89.0. The first-order valence-corrected chi connectivity index (χ1v) is 46.1. The van der Waals surface area contributed by atoms with Gasteiger partial charge >= 0.3 is 0 Å². The highest BCUT2D eigenvalue weighted by atomic mass is 15.1. The van der Waals surface area contributed by atoms with Crippen molar-refractivity contribution in [1.82, 2.24) is 13.7 Å². The van der Waals surface area contributed by atoms with Gasteiger partial charge < -0.3 is 28.4 Å². The molecule has 0 bridgehead atoms. The minimum absolute atomic E-state index is 0.0215. The first-order valence-electron chi connectivity index (χ1n) is 46.1. The maximum Gasteiger partial charge on any atom is 0.0725 e. The fourth-order valence-electron chi connectivity index (χ4n) is 21.9. The molecule has 133 heavy (non-hydrogen) atoms. The SMILES string of the molecule is CN(c1ccccc1)c1ccc2c(c1)c1cc(-c3ccc4c(c3)C(C)(C)c3ccccc3-4)ccc1n2-c1ccccc1.CN(c1ccccc1)c1ccc2c(c1)c1cc(-c3ccc4c(c3)C3(c5ccccc5-c5ccccc53)c3ccccc3-4)ccc1n2-c1ccccc1.CN(c1ccccc1)c1ccc2c(c1)c1cc(-c3ccccc3-c3ccccc3)ccc1n2-c1ccccc1. The van der Waals surface area contributed by atoms with Crippen LogP contribution in [0.3, 0.4) is 0 Å². The summed E-state index contributed by atoms with van der Waals surface area (Å²) < 4.78 is 7.18. The number of aromatic nitrogens is 3. The molecule has 632 valence electrons. The van der Waals surface area contributed by atoms with Crippen molar-refractivity contribution >= 4 is 99.5 Å². The number of nitrogens with zero attached hydrogens (tertiary/aromatic N) is 6. The number of hydrogen-bond acceptors (Lipinski definition) is 3. The van der Waals surface area contributed by atoms with Crippen LogP contribution in [-0.4, -0.2) is 34.8 Å². The van der Waals surface area contributed by atoms with E-state index in [1.54, 1.807) is 0 Å². The number of fused-ring (bicyclic) bond motifs is 22. The van der Waals surface area contributed by atoms with Gasteiger partial charge in [0.25, 0.3) is 0 Å². The maximum absolute atomic E-state index is 2.49. The maximum atomic E-state index is 2.49. The number of para-hydroxylation sites is 6. The Morgan fingerprint density at radius 2 is 0.406 bits per heavy atom. The fourth-order valence-corrected chi connectivity index (χ4v) is 21.9. The summed E-state index contributed by atoms with van der Waals surface area (Å²) in [5.41, 5.74) is 43.5. The van der Waals surface area contributed by atoms with E-state index in [9.17, 15) is 0 Å². The lowest BCUT2D eigenvalue weighted by molar-refractivity contribution is 0.660. The molecule has 0 radical (unpaired) electrons. The molecule has 1 spiro atoms. The Balaban J connectivity index is 0.000000111. The Morgan fingerprint density at radius 3 is 0.774 bits per heavy atom. The minimum atomic E-state index is -0.362. The Bertz CT molecular complexity index is 8380. The highest BCUT2D eigenvalue weighted by Crippen LogP contribution is 2.63. The molecule has 3 aliphatic carbocycles. The van der Waals surface area contributed by atoms with Crippen LogP contribution in [0.15, 0.2) is 479 Å². The molecular formula is C127H94N6. The molecule has 0 aliphatic heterocycles. The van der Waals surface area contributed by atoms with Crippen molar-refractivity contribution < 1.29 is 0 Å². The lowest BCUT2D eigenvalue weighted by Gasteiger charge is -2.30.